The molecule has 8 nitrogen and oxygen atoms in total. The number of rotatable bonds is 8. The number of ether oxygens (including phenoxy) is 1. The normalized spacial score (nSPS) is 12.3. The van der Waals surface area contributed by atoms with Gasteiger partial charge in [-0.25, -0.2) is 9.78 Å². The van der Waals surface area contributed by atoms with Crippen LogP contribution in [0.15, 0.2) is 38.3 Å². The number of fused-ring (bicyclic) bond motifs is 1. The van der Waals surface area contributed by atoms with Gasteiger partial charge in [0.15, 0.2) is 11.2 Å². The SMILES string of the molecule is CCCC(Cc1nc2c(c(=O)n(C)c(=O)n2C)n1Cc1cccc(Br)c1)C(=O)OCC. The number of halogens is 1. The van der Waals surface area contributed by atoms with Gasteiger partial charge in [0.1, 0.15) is 5.82 Å². The highest BCUT2D eigenvalue weighted by atomic mass is 79.9. The van der Waals surface area contributed by atoms with Crippen LogP contribution in [-0.4, -0.2) is 31.3 Å². The molecule has 3 aromatic rings. The molecule has 31 heavy (non-hydrogen) atoms. The minimum atomic E-state index is -0.438. The molecule has 1 aromatic carbocycles. The van der Waals surface area contributed by atoms with Crippen molar-refractivity contribution in [3.63, 3.8) is 0 Å². The lowest BCUT2D eigenvalue weighted by Gasteiger charge is -2.16. The summed E-state index contributed by atoms with van der Waals surface area (Å²) in [6, 6.07) is 7.78. The number of esters is 1. The lowest BCUT2D eigenvalue weighted by molar-refractivity contribution is -0.148. The van der Waals surface area contributed by atoms with Gasteiger partial charge in [-0.1, -0.05) is 41.4 Å². The molecule has 0 amide bonds. The van der Waals surface area contributed by atoms with E-state index in [1.165, 1.54) is 11.6 Å². The van der Waals surface area contributed by atoms with Gasteiger partial charge in [0.25, 0.3) is 5.56 Å². The Kier molecular flexibility index (Phi) is 7.15. The van der Waals surface area contributed by atoms with Gasteiger partial charge in [0, 0.05) is 31.5 Å². The third kappa shape index (κ3) is 4.66. The molecular formula is C22H27BrN4O4. The number of nitrogens with zero attached hydrogens (tertiary/aromatic N) is 4. The highest BCUT2D eigenvalue weighted by Gasteiger charge is 2.25. The van der Waals surface area contributed by atoms with E-state index in [-0.39, 0.29) is 11.9 Å². The predicted octanol–water partition coefficient (Wildman–Crippen LogP) is 2.77. The minimum Gasteiger partial charge on any atom is -0.466 e. The van der Waals surface area contributed by atoms with Crippen molar-refractivity contribution in [1.29, 1.82) is 0 Å². The molecule has 0 saturated carbocycles. The number of hydrogen-bond donors (Lipinski definition) is 0. The first-order chi connectivity index (χ1) is 14.8. The van der Waals surface area contributed by atoms with E-state index in [2.05, 4.69) is 20.9 Å². The number of aromatic nitrogens is 4. The average molecular weight is 491 g/mol. The third-order valence-electron chi connectivity index (χ3n) is 5.34. The summed E-state index contributed by atoms with van der Waals surface area (Å²) in [6.07, 6.45) is 1.79. The van der Waals surface area contributed by atoms with Crippen LogP contribution in [0.2, 0.25) is 0 Å². The van der Waals surface area contributed by atoms with E-state index in [0.29, 0.717) is 43.0 Å². The Hall–Kier alpha value is -2.68. The molecule has 0 aliphatic carbocycles. The van der Waals surface area contributed by atoms with Gasteiger partial charge in [-0.05, 0) is 31.0 Å². The molecule has 0 N–H and O–H groups in total. The maximum absolute atomic E-state index is 13.0. The van der Waals surface area contributed by atoms with Gasteiger partial charge in [-0.3, -0.25) is 18.7 Å². The van der Waals surface area contributed by atoms with Crippen LogP contribution >= 0.6 is 15.9 Å². The fraction of sp³-hybridized carbons (Fsp3) is 0.455. The molecule has 166 valence electrons. The average Bonchev–Trinajstić information content (AvgIpc) is 3.08. The Bertz CT molecular complexity index is 1220. The lowest BCUT2D eigenvalue weighted by atomic mass is 9.99. The number of benzene rings is 1. The van der Waals surface area contributed by atoms with Crippen molar-refractivity contribution in [1.82, 2.24) is 18.7 Å². The molecule has 0 fully saturated rings. The number of aryl methyl sites for hydroxylation is 1. The molecule has 9 heteroatoms. The highest BCUT2D eigenvalue weighted by Crippen LogP contribution is 2.21. The van der Waals surface area contributed by atoms with Crippen LogP contribution in [0, 0.1) is 5.92 Å². The van der Waals surface area contributed by atoms with Crippen LogP contribution in [0.4, 0.5) is 0 Å². The van der Waals surface area contributed by atoms with Crippen LogP contribution < -0.4 is 11.2 Å². The number of carbonyl (C=O) groups is 1. The first-order valence-electron chi connectivity index (χ1n) is 10.3. The fourth-order valence-corrected chi connectivity index (χ4v) is 4.21. The van der Waals surface area contributed by atoms with E-state index < -0.39 is 11.2 Å². The summed E-state index contributed by atoms with van der Waals surface area (Å²) in [5, 5.41) is 0. The first-order valence-corrected chi connectivity index (χ1v) is 11.1. The van der Waals surface area contributed by atoms with Crippen LogP contribution in [0.25, 0.3) is 11.2 Å². The zero-order valence-electron chi connectivity index (χ0n) is 18.2. The Labute approximate surface area is 188 Å². The Morgan fingerprint density at radius 2 is 1.94 bits per heavy atom. The highest BCUT2D eigenvalue weighted by molar-refractivity contribution is 9.10. The molecule has 0 saturated heterocycles. The van der Waals surface area contributed by atoms with Crippen LogP contribution in [-0.2, 0) is 36.6 Å². The number of imidazole rings is 1. The molecule has 1 atom stereocenters. The third-order valence-corrected chi connectivity index (χ3v) is 5.84. The van der Waals surface area contributed by atoms with Crippen LogP contribution in [0.3, 0.4) is 0 Å². The van der Waals surface area contributed by atoms with Gasteiger partial charge in [-0.15, -0.1) is 0 Å². The Balaban J connectivity index is 2.20. The van der Waals surface area contributed by atoms with Crippen molar-refractivity contribution in [3.8, 4) is 0 Å². The van der Waals surface area contributed by atoms with Gasteiger partial charge >= 0.3 is 11.7 Å². The zero-order valence-corrected chi connectivity index (χ0v) is 19.8. The summed E-state index contributed by atoms with van der Waals surface area (Å²) in [7, 11) is 3.05. The van der Waals surface area contributed by atoms with Crippen molar-refractivity contribution in [3.05, 3.63) is 61.0 Å². The molecule has 3 rings (SSSR count). The quantitative estimate of drug-likeness (QED) is 0.453. The monoisotopic (exact) mass is 490 g/mol. The Morgan fingerprint density at radius 3 is 2.58 bits per heavy atom. The van der Waals surface area contributed by atoms with E-state index in [4.69, 9.17) is 4.74 Å². The molecule has 2 aromatic heterocycles. The second-order valence-electron chi connectivity index (χ2n) is 7.56. The molecule has 0 bridgehead atoms. The minimum absolute atomic E-state index is 0.271. The summed E-state index contributed by atoms with van der Waals surface area (Å²) < 4.78 is 10.5. The van der Waals surface area contributed by atoms with E-state index in [0.717, 1.165) is 21.0 Å². The van der Waals surface area contributed by atoms with E-state index in [1.807, 2.05) is 35.8 Å². The fourth-order valence-electron chi connectivity index (χ4n) is 3.77. The first kappa shape index (κ1) is 23.0. The predicted molar refractivity (Wildman–Crippen MR) is 122 cm³/mol. The molecule has 0 aliphatic rings. The van der Waals surface area contributed by atoms with E-state index in [1.54, 1.807) is 14.0 Å². The van der Waals surface area contributed by atoms with Crippen molar-refractivity contribution >= 4 is 33.1 Å². The standard InChI is InChI=1S/C22H27BrN4O4/c1-5-8-15(21(29)31-6-2)12-17-24-19-18(20(28)26(4)22(30)25(19)3)27(17)13-14-9-7-10-16(23)11-14/h7,9-11,15H,5-6,8,12-13H2,1-4H3. The number of carbonyl (C=O) groups excluding carboxylic acids is 1. The van der Waals surface area contributed by atoms with Crippen molar-refractivity contribution in [2.24, 2.45) is 20.0 Å². The van der Waals surface area contributed by atoms with E-state index in [9.17, 15) is 14.4 Å². The summed E-state index contributed by atoms with van der Waals surface area (Å²) in [6.45, 7) is 4.49. The second-order valence-corrected chi connectivity index (χ2v) is 8.48. The smallest absolute Gasteiger partial charge is 0.332 e. The van der Waals surface area contributed by atoms with Crippen LogP contribution in [0.5, 0.6) is 0 Å². The molecule has 0 radical (unpaired) electrons. The topological polar surface area (TPSA) is 88.1 Å². The molecule has 2 heterocycles. The van der Waals surface area contributed by atoms with Gasteiger partial charge in [-0.2, -0.15) is 0 Å². The van der Waals surface area contributed by atoms with Gasteiger partial charge in [0.2, 0.25) is 0 Å². The number of hydrogen-bond acceptors (Lipinski definition) is 5. The van der Waals surface area contributed by atoms with Crippen molar-refractivity contribution in [2.75, 3.05) is 6.61 Å². The largest absolute Gasteiger partial charge is 0.466 e. The summed E-state index contributed by atoms with van der Waals surface area (Å²) in [5.74, 6) is -0.0594. The van der Waals surface area contributed by atoms with Crippen molar-refractivity contribution in [2.45, 2.75) is 39.7 Å². The molecule has 0 aliphatic heterocycles. The van der Waals surface area contributed by atoms with Crippen molar-refractivity contribution < 1.29 is 9.53 Å². The molecule has 0 spiro atoms. The zero-order chi connectivity index (χ0) is 22.7. The second kappa shape index (κ2) is 9.64. The molecular weight excluding hydrogens is 464 g/mol. The maximum Gasteiger partial charge on any atom is 0.332 e. The van der Waals surface area contributed by atoms with Crippen LogP contribution in [0.1, 0.15) is 38.1 Å². The van der Waals surface area contributed by atoms with Gasteiger partial charge in [0.05, 0.1) is 12.5 Å². The molecule has 1 unspecified atom stereocenters. The van der Waals surface area contributed by atoms with E-state index >= 15 is 0 Å². The van der Waals surface area contributed by atoms with Gasteiger partial charge < -0.3 is 9.30 Å². The maximum atomic E-state index is 13.0. The summed E-state index contributed by atoms with van der Waals surface area (Å²) in [5.41, 5.74) is 0.784. The summed E-state index contributed by atoms with van der Waals surface area (Å²) in [4.78, 5) is 42.6. The Morgan fingerprint density at radius 1 is 1.19 bits per heavy atom. The lowest BCUT2D eigenvalue weighted by Crippen LogP contribution is -2.37. The summed E-state index contributed by atoms with van der Waals surface area (Å²) >= 11 is 3.48.